The van der Waals surface area contributed by atoms with Crippen LogP contribution >= 0.6 is 11.6 Å². The molecule has 1 fully saturated rings. The number of benzene rings is 2. The molecular weight excluding hydrogens is 404 g/mol. The molecule has 0 saturated carbocycles. The Morgan fingerprint density at radius 2 is 1.70 bits per heavy atom. The summed E-state index contributed by atoms with van der Waals surface area (Å²) in [4.78, 5) is 38.8. The molecule has 3 amide bonds. The summed E-state index contributed by atoms with van der Waals surface area (Å²) in [6, 6.07) is 14.1. The maximum Gasteiger partial charge on any atom is 0.233 e. The smallest absolute Gasteiger partial charge is 0.233 e. The molecular formula is C23H21ClN2O4. The topological polar surface area (TPSA) is 75.7 Å². The number of anilines is 1. The van der Waals surface area contributed by atoms with Crippen LogP contribution in [0.2, 0.25) is 5.02 Å². The summed E-state index contributed by atoms with van der Waals surface area (Å²) in [5.74, 6) is -0.197. The number of allylic oxidation sites excluding steroid dienone is 2. The van der Waals surface area contributed by atoms with Gasteiger partial charge < -0.3 is 10.1 Å². The van der Waals surface area contributed by atoms with E-state index in [1.165, 1.54) is 4.90 Å². The molecule has 1 aliphatic carbocycles. The fourth-order valence-electron chi connectivity index (χ4n) is 3.82. The van der Waals surface area contributed by atoms with Gasteiger partial charge in [-0.2, -0.15) is 0 Å². The summed E-state index contributed by atoms with van der Waals surface area (Å²) in [6.07, 6.45) is 5.05. The van der Waals surface area contributed by atoms with Crippen LogP contribution < -0.4 is 10.1 Å². The predicted molar refractivity (Wildman–Crippen MR) is 113 cm³/mol. The molecule has 30 heavy (non-hydrogen) atoms. The highest BCUT2D eigenvalue weighted by atomic mass is 35.5. The van der Waals surface area contributed by atoms with Crippen LogP contribution in [0.1, 0.15) is 19.3 Å². The zero-order valence-electron chi connectivity index (χ0n) is 16.2. The van der Waals surface area contributed by atoms with Gasteiger partial charge in [0.15, 0.2) is 5.75 Å². The summed E-state index contributed by atoms with van der Waals surface area (Å²) >= 11 is 6.08. The van der Waals surface area contributed by atoms with Gasteiger partial charge in [0, 0.05) is 18.0 Å². The Balaban J connectivity index is 1.40. The van der Waals surface area contributed by atoms with Gasteiger partial charge >= 0.3 is 0 Å². The van der Waals surface area contributed by atoms with Gasteiger partial charge in [-0.3, -0.25) is 19.3 Å². The van der Waals surface area contributed by atoms with Crippen LogP contribution in [-0.4, -0.2) is 29.2 Å². The molecule has 6 nitrogen and oxygen atoms in total. The Morgan fingerprint density at radius 1 is 1.03 bits per heavy atom. The summed E-state index contributed by atoms with van der Waals surface area (Å²) < 4.78 is 5.84. The predicted octanol–water partition coefficient (Wildman–Crippen LogP) is 4.41. The van der Waals surface area contributed by atoms with Crippen LogP contribution in [0.25, 0.3) is 0 Å². The van der Waals surface area contributed by atoms with E-state index in [1.54, 1.807) is 30.3 Å². The average molecular weight is 425 g/mol. The summed E-state index contributed by atoms with van der Waals surface area (Å²) in [6.45, 7) is 0.0614. The van der Waals surface area contributed by atoms with Crippen molar-refractivity contribution in [2.24, 2.45) is 11.8 Å². The van der Waals surface area contributed by atoms with Crippen molar-refractivity contribution in [3.63, 3.8) is 0 Å². The third-order valence-corrected chi connectivity index (χ3v) is 5.58. The fourth-order valence-corrected chi connectivity index (χ4v) is 3.99. The number of hydrogen-bond acceptors (Lipinski definition) is 4. The van der Waals surface area contributed by atoms with E-state index in [1.807, 2.05) is 30.4 Å². The molecule has 0 spiro atoms. The Kier molecular flexibility index (Phi) is 5.86. The molecule has 154 valence electrons. The zero-order valence-corrected chi connectivity index (χ0v) is 17.0. The first-order chi connectivity index (χ1) is 14.5. The van der Waals surface area contributed by atoms with Gasteiger partial charge in [-0.25, -0.2) is 0 Å². The molecule has 2 atom stereocenters. The number of nitrogens with zero attached hydrogens (tertiary/aromatic N) is 1. The van der Waals surface area contributed by atoms with Crippen LogP contribution in [0.4, 0.5) is 5.69 Å². The quantitative estimate of drug-likeness (QED) is 0.550. The number of nitrogens with one attached hydrogen (secondary N) is 1. The molecule has 1 saturated heterocycles. The normalized spacial score (nSPS) is 20.2. The van der Waals surface area contributed by atoms with E-state index in [-0.39, 0.29) is 42.5 Å². The first-order valence-corrected chi connectivity index (χ1v) is 10.2. The number of halogens is 1. The zero-order chi connectivity index (χ0) is 21.1. The molecule has 2 aliphatic rings. The molecule has 1 N–H and O–H groups in total. The van der Waals surface area contributed by atoms with Crippen LogP contribution in [-0.2, 0) is 14.4 Å². The van der Waals surface area contributed by atoms with E-state index in [9.17, 15) is 14.4 Å². The lowest BCUT2D eigenvalue weighted by molar-refractivity contribution is -0.140. The Morgan fingerprint density at radius 3 is 2.37 bits per heavy atom. The Bertz CT molecular complexity index is 980. The molecule has 2 aromatic rings. The number of carbonyl (C=O) groups is 3. The van der Waals surface area contributed by atoms with Gasteiger partial charge in [-0.05, 0) is 43.2 Å². The van der Waals surface area contributed by atoms with Crippen molar-refractivity contribution in [3.05, 3.63) is 65.7 Å². The first kappa shape index (κ1) is 20.2. The number of carbonyl (C=O) groups excluding carboxylic acids is 3. The lowest BCUT2D eigenvalue weighted by Gasteiger charge is -2.16. The molecule has 2 aromatic carbocycles. The summed E-state index contributed by atoms with van der Waals surface area (Å²) in [5.41, 5.74) is 0.424. The number of likely N-dealkylation sites (tertiary alicyclic amines) is 1. The van der Waals surface area contributed by atoms with E-state index in [4.69, 9.17) is 16.3 Å². The van der Waals surface area contributed by atoms with Gasteiger partial charge in [0.05, 0.1) is 17.5 Å². The summed E-state index contributed by atoms with van der Waals surface area (Å²) in [7, 11) is 0. The third-order valence-electron chi connectivity index (χ3n) is 5.35. The molecule has 0 bridgehead atoms. The molecule has 4 rings (SSSR count). The molecule has 0 unspecified atom stereocenters. The molecule has 0 radical (unpaired) electrons. The highest BCUT2D eigenvalue weighted by molar-refractivity contribution is 6.31. The molecule has 7 heteroatoms. The van der Waals surface area contributed by atoms with Gasteiger partial charge in [0.25, 0.3) is 0 Å². The van der Waals surface area contributed by atoms with E-state index in [0.717, 1.165) is 0 Å². The van der Waals surface area contributed by atoms with Crippen molar-refractivity contribution < 1.29 is 19.1 Å². The van der Waals surface area contributed by atoms with Gasteiger partial charge in [-0.15, -0.1) is 0 Å². The molecule has 0 aromatic heterocycles. The van der Waals surface area contributed by atoms with Crippen molar-refractivity contribution in [2.45, 2.75) is 19.3 Å². The number of imide groups is 1. The lowest BCUT2D eigenvalue weighted by Crippen LogP contribution is -2.34. The maximum atomic E-state index is 12.5. The Hall–Kier alpha value is -3.12. The van der Waals surface area contributed by atoms with Crippen molar-refractivity contribution in [1.29, 1.82) is 0 Å². The number of amides is 3. The van der Waals surface area contributed by atoms with Crippen LogP contribution in [0.15, 0.2) is 60.7 Å². The van der Waals surface area contributed by atoms with Gasteiger partial charge in [0.1, 0.15) is 5.75 Å². The average Bonchev–Trinajstić information content (AvgIpc) is 2.99. The number of hydrogen-bond donors (Lipinski definition) is 1. The molecule has 1 aliphatic heterocycles. The summed E-state index contributed by atoms with van der Waals surface area (Å²) in [5, 5.41) is 3.23. The minimum absolute atomic E-state index is 0.00163. The molecule has 1 heterocycles. The van der Waals surface area contributed by atoms with E-state index in [2.05, 4.69) is 5.32 Å². The van der Waals surface area contributed by atoms with Crippen LogP contribution in [0, 0.1) is 11.8 Å². The van der Waals surface area contributed by atoms with E-state index < -0.39 is 0 Å². The Labute approximate surface area is 179 Å². The second-order valence-corrected chi connectivity index (χ2v) is 7.77. The second kappa shape index (κ2) is 8.71. The number of fused-ring (bicyclic) bond motifs is 1. The minimum atomic E-state index is -0.330. The maximum absolute atomic E-state index is 12.5. The highest BCUT2D eigenvalue weighted by Gasteiger charge is 2.46. The number of para-hydroxylation sites is 1. The van der Waals surface area contributed by atoms with Crippen molar-refractivity contribution in [3.8, 4) is 11.5 Å². The van der Waals surface area contributed by atoms with Crippen molar-refractivity contribution in [2.75, 3.05) is 11.9 Å². The van der Waals surface area contributed by atoms with Crippen LogP contribution in [0.3, 0.4) is 0 Å². The fraction of sp³-hybridized carbons (Fsp3) is 0.261. The SMILES string of the molecule is O=C(CCN1C(=O)[C@H]2CC=CC[C@H]2C1=O)Nc1cc(Cl)ccc1Oc1ccccc1. The van der Waals surface area contributed by atoms with E-state index in [0.29, 0.717) is 35.1 Å². The second-order valence-electron chi connectivity index (χ2n) is 7.34. The minimum Gasteiger partial charge on any atom is -0.455 e. The highest BCUT2D eigenvalue weighted by Crippen LogP contribution is 2.35. The van der Waals surface area contributed by atoms with E-state index >= 15 is 0 Å². The third kappa shape index (κ3) is 4.24. The van der Waals surface area contributed by atoms with Gasteiger partial charge in [0.2, 0.25) is 17.7 Å². The lowest BCUT2D eigenvalue weighted by atomic mass is 9.85. The largest absolute Gasteiger partial charge is 0.455 e. The number of rotatable bonds is 6. The standard InChI is InChI=1S/C23H21ClN2O4/c24-15-10-11-20(30-16-6-2-1-3-7-16)19(14-15)25-21(27)12-13-26-22(28)17-8-4-5-9-18(17)23(26)29/h1-7,10-11,14,17-18H,8-9,12-13H2,(H,25,27)/t17-,18+. The van der Waals surface area contributed by atoms with Crippen LogP contribution in [0.5, 0.6) is 11.5 Å². The van der Waals surface area contributed by atoms with Gasteiger partial charge in [-0.1, -0.05) is 42.0 Å². The van der Waals surface area contributed by atoms with Crippen molar-refractivity contribution >= 4 is 35.0 Å². The number of ether oxygens (including phenoxy) is 1. The monoisotopic (exact) mass is 424 g/mol. The first-order valence-electron chi connectivity index (χ1n) is 9.85. The van der Waals surface area contributed by atoms with Crippen molar-refractivity contribution in [1.82, 2.24) is 4.90 Å².